The number of aryl methyl sites for hydroxylation is 1. The van der Waals surface area contributed by atoms with Crippen molar-refractivity contribution in [2.75, 3.05) is 0 Å². The minimum Gasteiger partial charge on any atom is -0.382 e. The lowest BCUT2D eigenvalue weighted by atomic mass is 10.1. The predicted octanol–water partition coefficient (Wildman–Crippen LogP) is 1.68. The minimum absolute atomic E-state index is 0.0361. The maximum absolute atomic E-state index is 12.9. The number of alkyl halides is 3. The average Bonchev–Trinajstić information content (AvgIpc) is 2.58. The number of benzene rings is 1. The summed E-state index contributed by atoms with van der Waals surface area (Å²) in [6, 6.07) is 3.24. The first-order valence-corrected chi connectivity index (χ1v) is 7.33. The lowest BCUT2D eigenvalue weighted by Gasteiger charge is -2.10. The third-order valence-corrected chi connectivity index (χ3v) is 3.29. The van der Waals surface area contributed by atoms with Crippen LogP contribution >= 0.6 is 0 Å². The van der Waals surface area contributed by atoms with Gasteiger partial charge in [-0.25, -0.2) is 9.97 Å². The van der Waals surface area contributed by atoms with Crippen LogP contribution in [-0.4, -0.2) is 21.7 Å². The van der Waals surface area contributed by atoms with Crippen LogP contribution in [0.4, 0.5) is 17.6 Å². The zero-order chi connectivity index (χ0) is 20.2. The number of amidine groups is 1. The molecule has 27 heavy (non-hydrogen) atoms. The molecular formula is C16H14F4N6O. The molecule has 1 amide bonds. The molecule has 0 spiro atoms. The van der Waals surface area contributed by atoms with E-state index in [1.165, 1.54) is 13.0 Å². The van der Waals surface area contributed by atoms with Crippen molar-refractivity contribution in [1.29, 1.82) is 0 Å². The van der Waals surface area contributed by atoms with E-state index in [1.807, 2.05) is 0 Å². The van der Waals surface area contributed by atoms with E-state index < -0.39 is 23.7 Å². The van der Waals surface area contributed by atoms with Crippen LogP contribution in [0.3, 0.4) is 0 Å². The minimum atomic E-state index is -4.53. The Morgan fingerprint density at radius 2 is 1.78 bits per heavy atom. The number of nitrogens with two attached hydrogens (primary N) is 2. The molecule has 0 saturated heterocycles. The van der Waals surface area contributed by atoms with E-state index in [1.54, 1.807) is 0 Å². The molecule has 0 aliphatic heterocycles. The molecule has 1 heterocycles. The first kappa shape index (κ1) is 19.8. The maximum Gasteiger partial charge on any atom is 0.416 e. The molecule has 0 saturated carbocycles. The highest BCUT2D eigenvalue weighted by Gasteiger charge is 2.31. The number of hydrogen-bond acceptors (Lipinski definition) is 5. The Labute approximate surface area is 150 Å². The summed E-state index contributed by atoms with van der Waals surface area (Å²) in [5.74, 6) is -1.14. The van der Waals surface area contributed by atoms with Crippen LogP contribution in [0.25, 0.3) is 5.57 Å². The van der Waals surface area contributed by atoms with E-state index in [0.29, 0.717) is 5.56 Å². The molecule has 0 bridgehead atoms. The summed E-state index contributed by atoms with van der Waals surface area (Å²) in [6.07, 6.45) is -2.41. The van der Waals surface area contributed by atoms with Gasteiger partial charge in [-0.15, -0.1) is 0 Å². The fourth-order valence-electron chi connectivity index (χ4n) is 2.07. The third kappa shape index (κ3) is 5.23. The Bertz CT molecular complexity index is 906. The number of rotatable bonds is 5. The van der Waals surface area contributed by atoms with Gasteiger partial charge in [-0.1, -0.05) is 0 Å². The highest BCUT2D eigenvalue weighted by molar-refractivity contribution is 6.18. The molecular weight excluding hydrogens is 368 g/mol. The summed E-state index contributed by atoms with van der Waals surface area (Å²) >= 11 is 0. The summed E-state index contributed by atoms with van der Waals surface area (Å²) in [5, 5.41) is 3.70. The van der Waals surface area contributed by atoms with E-state index in [2.05, 4.69) is 20.5 Å². The highest BCUT2D eigenvalue weighted by Crippen LogP contribution is 2.30. The molecule has 0 aliphatic rings. The number of nitrogens with zero attached hydrogens (tertiary/aromatic N) is 3. The van der Waals surface area contributed by atoms with Crippen LogP contribution in [0, 0.1) is 13.0 Å². The standard InChI is InChI=1S/C16H14F4N6O/c1-8-2-9(4-11(3-8)16(18,19)20)13(21)26-25-7-12(14(22)27)10-5-23-15(17)24-6-10/h2-7,25H,1H3,(H2,21,26)(H2,22,27)/b12-7+. The van der Waals surface area contributed by atoms with E-state index >= 15 is 0 Å². The van der Waals surface area contributed by atoms with Crippen molar-refractivity contribution in [1.82, 2.24) is 15.4 Å². The Kier molecular flexibility index (Phi) is 5.73. The summed E-state index contributed by atoms with van der Waals surface area (Å²) in [5.41, 5.74) is 12.7. The number of halogens is 4. The smallest absolute Gasteiger partial charge is 0.382 e. The molecule has 142 valence electrons. The van der Waals surface area contributed by atoms with E-state index in [-0.39, 0.29) is 22.5 Å². The molecule has 0 fully saturated rings. The van der Waals surface area contributed by atoms with Crippen LogP contribution in [0.15, 0.2) is 41.9 Å². The van der Waals surface area contributed by atoms with Gasteiger partial charge in [0.05, 0.1) is 11.1 Å². The summed E-state index contributed by atoms with van der Waals surface area (Å²) in [4.78, 5) is 18.1. The normalized spacial score (nSPS) is 12.8. The van der Waals surface area contributed by atoms with Crippen LogP contribution < -0.4 is 16.9 Å². The van der Waals surface area contributed by atoms with Gasteiger partial charge in [0.15, 0.2) is 5.84 Å². The monoisotopic (exact) mass is 382 g/mol. The predicted molar refractivity (Wildman–Crippen MR) is 89.2 cm³/mol. The molecule has 5 N–H and O–H groups in total. The van der Waals surface area contributed by atoms with Gasteiger partial charge in [0.1, 0.15) is 0 Å². The zero-order valence-corrected chi connectivity index (χ0v) is 13.9. The first-order valence-electron chi connectivity index (χ1n) is 7.33. The second kappa shape index (κ2) is 7.81. The molecule has 0 atom stereocenters. The summed E-state index contributed by atoms with van der Waals surface area (Å²) in [7, 11) is 0. The Balaban J connectivity index is 2.28. The zero-order valence-electron chi connectivity index (χ0n) is 13.9. The Morgan fingerprint density at radius 1 is 1.15 bits per heavy atom. The molecule has 11 heteroatoms. The van der Waals surface area contributed by atoms with Gasteiger partial charge in [0.25, 0.3) is 5.91 Å². The van der Waals surface area contributed by atoms with E-state index in [9.17, 15) is 22.4 Å². The average molecular weight is 382 g/mol. The first-order chi connectivity index (χ1) is 12.6. The quantitative estimate of drug-likeness (QED) is 0.182. The molecule has 2 rings (SSSR count). The molecule has 1 aromatic heterocycles. The Morgan fingerprint density at radius 3 is 2.33 bits per heavy atom. The second-order valence-corrected chi connectivity index (χ2v) is 5.37. The van der Waals surface area contributed by atoms with Crippen LogP contribution in [0.1, 0.15) is 22.3 Å². The molecule has 2 aromatic rings. The molecule has 0 radical (unpaired) electrons. The number of nitrogens with one attached hydrogen (secondary N) is 1. The summed E-state index contributed by atoms with van der Waals surface area (Å²) in [6.45, 7) is 1.49. The number of carbonyl (C=O) groups excluding carboxylic acids is 1. The number of aromatic nitrogens is 2. The largest absolute Gasteiger partial charge is 0.416 e. The van der Waals surface area contributed by atoms with Gasteiger partial charge < -0.3 is 11.5 Å². The topological polar surface area (TPSA) is 119 Å². The van der Waals surface area contributed by atoms with Gasteiger partial charge in [-0.2, -0.15) is 22.7 Å². The van der Waals surface area contributed by atoms with E-state index in [0.717, 1.165) is 30.7 Å². The van der Waals surface area contributed by atoms with Gasteiger partial charge in [0.2, 0.25) is 0 Å². The van der Waals surface area contributed by atoms with Crippen molar-refractivity contribution in [2.45, 2.75) is 13.1 Å². The molecule has 7 nitrogen and oxygen atoms in total. The molecule has 0 unspecified atom stereocenters. The Hall–Kier alpha value is -3.50. The van der Waals surface area contributed by atoms with Gasteiger partial charge in [-0.05, 0) is 30.7 Å². The second-order valence-electron chi connectivity index (χ2n) is 5.37. The summed E-state index contributed by atoms with van der Waals surface area (Å²) < 4.78 is 51.4. The lowest BCUT2D eigenvalue weighted by Crippen LogP contribution is -2.20. The number of primary amides is 1. The number of hydrogen-bond donors (Lipinski definition) is 3. The highest BCUT2D eigenvalue weighted by atomic mass is 19.4. The van der Waals surface area contributed by atoms with Gasteiger partial charge >= 0.3 is 12.3 Å². The fraction of sp³-hybridized carbons (Fsp3) is 0.125. The van der Waals surface area contributed by atoms with Crippen molar-refractivity contribution < 1.29 is 22.4 Å². The van der Waals surface area contributed by atoms with Crippen LogP contribution in [0.2, 0.25) is 0 Å². The van der Waals surface area contributed by atoms with Crippen molar-refractivity contribution in [3.8, 4) is 0 Å². The van der Waals surface area contributed by atoms with Crippen molar-refractivity contribution in [3.63, 3.8) is 0 Å². The van der Waals surface area contributed by atoms with Crippen molar-refractivity contribution >= 4 is 17.3 Å². The third-order valence-electron chi connectivity index (χ3n) is 3.29. The SMILES string of the molecule is Cc1cc(/C(N)=N/N/C=C(/C(N)=O)c2cnc(F)nc2)cc(C(F)(F)F)c1. The molecule has 1 aromatic carbocycles. The lowest BCUT2D eigenvalue weighted by molar-refractivity contribution is -0.137. The fourth-order valence-corrected chi connectivity index (χ4v) is 2.07. The van der Waals surface area contributed by atoms with E-state index in [4.69, 9.17) is 11.5 Å². The maximum atomic E-state index is 12.9. The van der Waals surface area contributed by atoms with Crippen molar-refractivity contribution in [2.24, 2.45) is 16.6 Å². The number of amides is 1. The van der Waals surface area contributed by atoms with Gasteiger partial charge in [0, 0.05) is 29.7 Å². The number of hydrazone groups is 1. The number of carbonyl (C=O) groups is 1. The van der Waals surface area contributed by atoms with Crippen molar-refractivity contribution in [3.05, 3.63) is 65.1 Å². The van der Waals surface area contributed by atoms with Gasteiger partial charge in [-0.3, -0.25) is 10.2 Å². The van der Waals surface area contributed by atoms with Crippen LogP contribution in [-0.2, 0) is 11.0 Å². The van der Waals surface area contributed by atoms with Crippen LogP contribution in [0.5, 0.6) is 0 Å². The molecule has 0 aliphatic carbocycles.